The van der Waals surface area contributed by atoms with E-state index in [1.54, 1.807) is 0 Å². The van der Waals surface area contributed by atoms with Gasteiger partial charge >= 0.3 is 5.97 Å². The lowest BCUT2D eigenvalue weighted by Crippen LogP contribution is -2.53. The third kappa shape index (κ3) is 4.12. The minimum absolute atomic E-state index is 0.0425. The Kier molecular flexibility index (Phi) is 7.34. The van der Waals surface area contributed by atoms with Crippen molar-refractivity contribution in [3.63, 3.8) is 0 Å². The first-order valence-corrected chi connectivity index (χ1v) is 12.0. The molecule has 0 heterocycles. The molecule has 4 saturated carbocycles. The van der Waals surface area contributed by atoms with Crippen molar-refractivity contribution in [2.24, 2.45) is 40.4 Å². The Morgan fingerprint density at radius 2 is 1.69 bits per heavy atom. The zero-order valence-electron chi connectivity index (χ0n) is 19.1. The average molecular weight is 411 g/mol. The quantitative estimate of drug-likeness (QED) is 0.584. The summed E-state index contributed by atoms with van der Waals surface area (Å²) in [6.45, 7) is 5.16. The van der Waals surface area contributed by atoms with E-state index in [2.05, 4.69) is 13.8 Å². The van der Waals surface area contributed by atoms with E-state index in [1.165, 1.54) is 58.5 Å². The molecule has 4 heteroatoms. The van der Waals surface area contributed by atoms with Gasteiger partial charge < -0.3 is 9.84 Å². The Balaban J connectivity index is 0.00000117. The van der Waals surface area contributed by atoms with Crippen LogP contribution in [0.5, 0.6) is 0 Å². The van der Waals surface area contributed by atoms with E-state index in [4.69, 9.17) is 4.74 Å². The van der Waals surface area contributed by atoms with Crippen molar-refractivity contribution in [3.8, 4) is 0 Å². The van der Waals surface area contributed by atoms with Crippen LogP contribution in [-0.4, -0.2) is 31.5 Å². The van der Waals surface area contributed by atoms with Crippen molar-refractivity contribution in [2.45, 2.75) is 97.0 Å². The zero-order chi connectivity index (χ0) is 21.2. The number of aliphatic hydroxyl groups excluding tert-OH is 1. The molecule has 1 N–H and O–H groups in total. The first kappa shape index (κ1) is 23.0. The molecule has 0 aromatic carbocycles. The van der Waals surface area contributed by atoms with Crippen LogP contribution >= 0.6 is 0 Å². The summed E-state index contributed by atoms with van der Waals surface area (Å²) in [5.41, 5.74) is 0.973. The van der Waals surface area contributed by atoms with Gasteiger partial charge in [0.2, 0.25) is 0 Å². The number of ether oxygens (including phenoxy) is 1. The molecule has 168 valence electrons. The number of carbonyl (C=O) groups excluding carboxylic acids is 1. The molecule has 4 aliphatic rings. The van der Waals surface area contributed by atoms with Gasteiger partial charge in [-0.25, -0.2) is 0 Å². The zero-order valence-corrected chi connectivity index (χ0v) is 19.1. The van der Waals surface area contributed by atoms with Gasteiger partial charge in [-0.15, -0.1) is 0 Å². The normalized spacial score (nSPS) is 45.9. The molecular weight excluding hydrogens is 367 g/mol. The standard InChI is InChI=1S/C24H40O3.CH3F/c1-23-14-12-21-19(9-7-17-15-18(25)11-13-24(17,21)2)20(23)10-8-16(23)5-4-6-22(26)27-3;1-2/h16-21,25H,4-15H2,1-3H3;1H3. The Morgan fingerprint density at radius 1 is 1.00 bits per heavy atom. The highest BCUT2D eigenvalue weighted by Gasteiger charge is 2.59. The van der Waals surface area contributed by atoms with E-state index in [1.807, 2.05) is 0 Å². The predicted molar refractivity (Wildman–Crippen MR) is 114 cm³/mol. The molecule has 0 aromatic rings. The summed E-state index contributed by atoms with van der Waals surface area (Å²) in [6.07, 6.45) is 14.3. The molecule has 29 heavy (non-hydrogen) atoms. The lowest BCUT2D eigenvalue weighted by molar-refractivity contribution is -0.141. The van der Waals surface area contributed by atoms with Crippen molar-refractivity contribution < 1.29 is 19.0 Å². The number of hydrogen-bond acceptors (Lipinski definition) is 3. The molecule has 0 saturated heterocycles. The molecule has 4 fully saturated rings. The second-order valence-electron chi connectivity index (χ2n) is 10.9. The van der Waals surface area contributed by atoms with E-state index < -0.39 is 0 Å². The molecule has 8 atom stereocenters. The third-order valence-corrected chi connectivity index (χ3v) is 10.00. The van der Waals surface area contributed by atoms with Crippen LogP contribution in [0.25, 0.3) is 0 Å². The Hall–Kier alpha value is -0.640. The second-order valence-corrected chi connectivity index (χ2v) is 10.9. The number of hydrogen-bond donors (Lipinski definition) is 1. The fraction of sp³-hybridized carbons (Fsp3) is 0.960. The number of carbonyl (C=O) groups is 1. The van der Waals surface area contributed by atoms with Crippen LogP contribution in [-0.2, 0) is 9.53 Å². The van der Waals surface area contributed by atoms with Crippen LogP contribution in [0.2, 0.25) is 0 Å². The van der Waals surface area contributed by atoms with Gasteiger partial charge in [0.15, 0.2) is 0 Å². The predicted octanol–water partition coefficient (Wildman–Crippen LogP) is 5.94. The SMILES string of the molecule is CF.COC(=O)CCCC1CCC2C3CCC4CC(O)CCC4(C)C3CCC12C. The number of fused-ring (bicyclic) bond motifs is 5. The minimum Gasteiger partial charge on any atom is -0.469 e. The van der Waals surface area contributed by atoms with Crippen LogP contribution in [0.1, 0.15) is 90.9 Å². The first-order chi connectivity index (χ1) is 13.9. The van der Waals surface area contributed by atoms with Gasteiger partial charge in [-0.05, 0) is 111 Å². The van der Waals surface area contributed by atoms with Crippen LogP contribution in [0.4, 0.5) is 4.39 Å². The summed E-state index contributed by atoms with van der Waals surface area (Å²) in [7, 11) is 2.00. The van der Waals surface area contributed by atoms with E-state index in [0.717, 1.165) is 48.9 Å². The topological polar surface area (TPSA) is 46.5 Å². The molecule has 4 aliphatic carbocycles. The molecular formula is C25H43FO3. The van der Waals surface area contributed by atoms with Crippen LogP contribution in [0.3, 0.4) is 0 Å². The molecule has 0 bridgehead atoms. The van der Waals surface area contributed by atoms with Gasteiger partial charge in [0, 0.05) is 6.42 Å². The number of esters is 1. The van der Waals surface area contributed by atoms with Gasteiger partial charge in [-0.3, -0.25) is 9.18 Å². The smallest absolute Gasteiger partial charge is 0.305 e. The Bertz CT molecular complexity index is 566. The van der Waals surface area contributed by atoms with Gasteiger partial charge in [-0.1, -0.05) is 13.8 Å². The maximum absolute atomic E-state index is 11.5. The van der Waals surface area contributed by atoms with E-state index in [9.17, 15) is 14.3 Å². The summed E-state index contributed by atoms with van der Waals surface area (Å²) >= 11 is 0. The van der Waals surface area contributed by atoms with E-state index in [-0.39, 0.29) is 12.1 Å². The number of methoxy groups -OCH3 is 1. The van der Waals surface area contributed by atoms with Crippen molar-refractivity contribution >= 4 is 5.97 Å². The van der Waals surface area contributed by atoms with Crippen LogP contribution < -0.4 is 0 Å². The number of aliphatic hydroxyl groups is 1. The van der Waals surface area contributed by atoms with E-state index in [0.29, 0.717) is 24.4 Å². The molecule has 0 spiro atoms. The van der Waals surface area contributed by atoms with Crippen LogP contribution in [0, 0.1) is 40.4 Å². The summed E-state index contributed by atoms with van der Waals surface area (Å²) in [5.74, 6) is 4.19. The highest BCUT2D eigenvalue weighted by molar-refractivity contribution is 5.68. The van der Waals surface area contributed by atoms with Crippen molar-refractivity contribution in [1.29, 1.82) is 0 Å². The largest absolute Gasteiger partial charge is 0.469 e. The monoisotopic (exact) mass is 410 g/mol. The number of alkyl halides is 1. The highest BCUT2D eigenvalue weighted by Crippen LogP contribution is 2.67. The summed E-state index contributed by atoms with van der Waals surface area (Å²) < 4.78 is 14.3. The van der Waals surface area contributed by atoms with Gasteiger partial charge in [-0.2, -0.15) is 0 Å². The van der Waals surface area contributed by atoms with Crippen molar-refractivity contribution in [3.05, 3.63) is 0 Å². The lowest BCUT2D eigenvalue weighted by atomic mass is 9.44. The number of halogens is 1. The van der Waals surface area contributed by atoms with Crippen LogP contribution in [0.15, 0.2) is 0 Å². The third-order valence-electron chi connectivity index (χ3n) is 10.00. The maximum Gasteiger partial charge on any atom is 0.305 e. The highest BCUT2D eigenvalue weighted by atomic mass is 19.1. The minimum atomic E-state index is -0.0517. The molecule has 0 aliphatic heterocycles. The fourth-order valence-corrected chi connectivity index (χ4v) is 8.41. The Morgan fingerprint density at radius 3 is 2.41 bits per heavy atom. The molecule has 0 aromatic heterocycles. The summed E-state index contributed by atoms with van der Waals surface area (Å²) in [6, 6.07) is 0. The summed E-state index contributed by atoms with van der Waals surface area (Å²) in [4.78, 5) is 11.5. The second kappa shape index (κ2) is 9.24. The van der Waals surface area contributed by atoms with Gasteiger partial charge in [0.1, 0.15) is 0 Å². The molecule has 4 rings (SSSR count). The lowest BCUT2D eigenvalue weighted by Gasteiger charge is -2.61. The Labute approximate surface area is 177 Å². The fourth-order valence-electron chi connectivity index (χ4n) is 8.41. The van der Waals surface area contributed by atoms with Gasteiger partial charge in [0.25, 0.3) is 0 Å². The summed E-state index contributed by atoms with van der Waals surface area (Å²) in [5, 5.41) is 10.2. The van der Waals surface area contributed by atoms with Crippen molar-refractivity contribution in [2.75, 3.05) is 14.3 Å². The molecule has 0 radical (unpaired) electrons. The molecule has 8 unspecified atom stereocenters. The number of rotatable bonds is 4. The average Bonchev–Trinajstić information content (AvgIpc) is 3.06. The molecule has 0 amide bonds. The van der Waals surface area contributed by atoms with E-state index >= 15 is 0 Å². The first-order valence-electron chi connectivity index (χ1n) is 12.0. The van der Waals surface area contributed by atoms with Crippen molar-refractivity contribution in [1.82, 2.24) is 0 Å². The van der Waals surface area contributed by atoms with Gasteiger partial charge in [0.05, 0.1) is 20.4 Å². The maximum atomic E-state index is 11.5. The molecule has 3 nitrogen and oxygen atoms in total.